The maximum Gasteiger partial charge on any atom is 0.191 e. The Labute approximate surface area is 165 Å². The molecule has 0 aliphatic rings. The Morgan fingerprint density at radius 1 is 1.18 bits per heavy atom. The Bertz CT molecular complexity index is 841. The van der Waals surface area contributed by atoms with Gasteiger partial charge in [0.1, 0.15) is 12.4 Å². The quantitative estimate of drug-likeness (QED) is 0.302. The van der Waals surface area contributed by atoms with Crippen molar-refractivity contribution in [1.82, 2.24) is 20.2 Å². The first-order chi connectivity index (χ1) is 13.9. The molecule has 3 rings (SSSR count). The number of benzene rings is 1. The number of hydrogen-bond acceptors (Lipinski definition) is 4. The lowest BCUT2D eigenvalue weighted by atomic mass is 10.3. The highest BCUT2D eigenvalue weighted by molar-refractivity contribution is 5.79. The van der Waals surface area contributed by atoms with Crippen LogP contribution in [0.5, 0.6) is 0 Å². The van der Waals surface area contributed by atoms with Crippen molar-refractivity contribution in [3.63, 3.8) is 0 Å². The molecule has 2 heterocycles. The predicted octanol–water partition coefficient (Wildman–Crippen LogP) is 3.18. The van der Waals surface area contributed by atoms with E-state index in [-0.39, 0.29) is 0 Å². The summed E-state index contributed by atoms with van der Waals surface area (Å²) in [6.45, 7) is 6.59. The number of guanidine groups is 1. The lowest BCUT2D eigenvalue weighted by Crippen LogP contribution is -2.38. The number of nitrogens with one attached hydrogen (secondary N) is 2. The largest absolute Gasteiger partial charge is 0.467 e. The molecule has 0 amide bonds. The van der Waals surface area contributed by atoms with Gasteiger partial charge in [-0.05, 0) is 44.0 Å². The van der Waals surface area contributed by atoms with Crippen LogP contribution in [0.25, 0.3) is 11.0 Å². The number of hydrogen-bond donors (Lipinski definition) is 2. The minimum Gasteiger partial charge on any atom is -0.467 e. The van der Waals surface area contributed by atoms with Gasteiger partial charge in [0.2, 0.25) is 0 Å². The van der Waals surface area contributed by atoms with Gasteiger partial charge in [-0.25, -0.2) is 4.98 Å². The van der Waals surface area contributed by atoms with Crippen molar-refractivity contribution in [2.75, 3.05) is 26.2 Å². The zero-order valence-corrected chi connectivity index (χ0v) is 16.4. The van der Waals surface area contributed by atoms with Crippen LogP contribution in [0.2, 0.25) is 0 Å². The number of aryl methyl sites for hydroxylation is 1. The van der Waals surface area contributed by atoms with E-state index in [9.17, 15) is 0 Å². The van der Waals surface area contributed by atoms with Crippen LogP contribution in [-0.4, -0.2) is 41.8 Å². The zero-order valence-electron chi connectivity index (χ0n) is 16.4. The third-order valence-corrected chi connectivity index (χ3v) is 4.28. The molecule has 0 aliphatic carbocycles. The first-order valence-corrected chi connectivity index (χ1v) is 9.89. The molecule has 0 fully saturated rings. The van der Waals surface area contributed by atoms with E-state index in [0.717, 1.165) is 56.3 Å². The van der Waals surface area contributed by atoms with Crippen LogP contribution in [0.1, 0.15) is 25.5 Å². The van der Waals surface area contributed by atoms with Crippen molar-refractivity contribution in [1.29, 1.82) is 0 Å². The van der Waals surface area contributed by atoms with Crippen LogP contribution < -0.4 is 10.6 Å². The van der Waals surface area contributed by atoms with E-state index >= 15 is 0 Å². The van der Waals surface area contributed by atoms with Gasteiger partial charge in [-0.1, -0.05) is 12.1 Å². The highest BCUT2D eigenvalue weighted by atomic mass is 16.5. The summed E-state index contributed by atoms with van der Waals surface area (Å²) in [5.74, 6) is 1.71. The number of nitrogens with zero attached hydrogens (tertiary/aromatic N) is 3. The highest BCUT2D eigenvalue weighted by Gasteiger charge is 2.01. The predicted molar refractivity (Wildman–Crippen MR) is 111 cm³/mol. The second kappa shape index (κ2) is 11.1. The second-order valence-corrected chi connectivity index (χ2v) is 6.45. The Hall–Kier alpha value is -2.80. The third kappa shape index (κ3) is 6.13. The van der Waals surface area contributed by atoms with Crippen molar-refractivity contribution < 1.29 is 9.15 Å². The number of para-hydroxylation sites is 2. The summed E-state index contributed by atoms with van der Waals surface area (Å²) in [7, 11) is 0. The van der Waals surface area contributed by atoms with Crippen molar-refractivity contribution in [3.8, 4) is 0 Å². The van der Waals surface area contributed by atoms with Gasteiger partial charge in [-0.2, -0.15) is 0 Å². The summed E-state index contributed by atoms with van der Waals surface area (Å²) in [6, 6.07) is 12.0. The molecule has 1 aromatic carbocycles. The molecule has 0 atom stereocenters. The van der Waals surface area contributed by atoms with Gasteiger partial charge in [0, 0.05) is 32.8 Å². The molecule has 0 saturated heterocycles. The highest BCUT2D eigenvalue weighted by Crippen LogP contribution is 2.12. The fourth-order valence-electron chi connectivity index (χ4n) is 2.91. The monoisotopic (exact) mass is 383 g/mol. The van der Waals surface area contributed by atoms with E-state index in [2.05, 4.69) is 38.2 Å². The number of rotatable bonds is 11. The molecular weight excluding hydrogens is 354 g/mol. The Morgan fingerprint density at radius 2 is 2.11 bits per heavy atom. The molecule has 150 valence electrons. The summed E-state index contributed by atoms with van der Waals surface area (Å²) < 4.78 is 13.0. The van der Waals surface area contributed by atoms with Gasteiger partial charge in [0.15, 0.2) is 5.96 Å². The molecule has 0 unspecified atom stereocenters. The number of aromatic nitrogens is 2. The SMILES string of the molecule is CCNC(=NCCCn1cnc2ccccc21)NCCCOCc1ccco1. The van der Waals surface area contributed by atoms with Crippen LogP contribution in [0, 0.1) is 0 Å². The normalized spacial score (nSPS) is 11.8. The average molecular weight is 383 g/mol. The van der Waals surface area contributed by atoms with Crippen molar-refractivity contribution in [3.05, 3.63) is 54.7 Å². The molecule has 0 aliphatic heterocycles. The number of ether oxygens (including phenoxy) is 1. The van der Waals surface area contributed by atoms with E-state index < -0.39 is 0 Å². The van der Waals surface area contributed by atoms with Gasteiger partial charge in [0.05, 0.1) is 23.6 Å². The van der Waals surface area contributed by atoms with Crippen LogP contribution in [0.4, 0.5) is 0 Å². The average Bonchev–Trinajstić information content (AvgIpc) is 3.38. The van der Waals surface area contributed by atoms with Gasteiger partial charge in [0.25, 0.3) is 0 Å². The van der Waals surface area contributed by atoms with Gasteiger partial charge in [-0.3, -0.25) is 4.99 Å². The van der Waals surface area contributed by atoms with E-state index in [0.29, 0.717) is 13.2 Å². The summed E-state index contributed by atoms with van der Waals surface area (Å²) in [4.78, 5) is 9.08. The molecule has 0 spiro atoms. The summed E-state index contributed by atoms with van der Waals surface area (Å²) >= 11 is 0. The van der Waals surface area contributed by atoms with E-state index in [1.807, 2.05) is 36.7 Å². The van der Waals surface area contributed by atoms with Crippen LogP contribution in [0.3, 0.4) is 0 Å². The van der Waals surface area contributed by atoms with E-state index in [1.165, 1.54) is 5.52 Å². The van der Waals surface area contributed by atoms with Crippen LogP contribution in [0.15, 0.2) is 58.4 Å². The maximum atomic E-state index is 5.59. The van der Waals surface area contributed by atoms with Crippen molar-refractivity contribution in [2.45, 2.75) is 32.9 Å². The summed E-state index contributed by atoms with van der Waals surface area (Å²) in [6.07, 6.45) is 5.44. The standard InChI is InChI=1S/C21H29N5O2/c1-2-22-21(24-12-7-14-27-16-18-8-5-15-28-18)23-11-6-13-26-17-25-19-9-3-4-10-20(19)26/h3-5,8-10,15,17H,2,6-7,11-14,16H2,1H3,(H2,22,23,24). The smallest absolute Gasteiger partial charge is 0.191 e. The lowest BCUT2D eigenvalue weighted by Gasteiger charge is -2.11. The zero-order chi connectivity index (χ0) is 19.4. The third-order valence-electron chi connectivity index (χ3n) is 4.28. The number of furan rings is 1. The van der Waals surface area contributed by atoms with Gasteiger partial charge < -0.3 is 24.4 Å². The molecular formula is C21H29N5O2. The van der Waals surface area contributed by atoms with Crippen LogP contribution in [-0.2, 0) is 17.9 Å². The van der Waals surface area contributed by atoms with E-state index in [1.54, 1.807) is 6.26 Å². The molecule has 0 bridgehead atoms. The molecule has 0 saturated carbocycles. The van der Waals surface area contributed by atoms with Crippen LogP contribution >= 0.6 is 0 Å². The maximum absolute atomic E-state index is 5.59. The number of fused-ring (bicyclic) bond motifs is 1. The molecule has 3 aromatic rings. The first-order valence-electron chi connectivity index (χ1n) is 9.89. The molecule has 0 radical (unpaired) electrons. The second-order valence-electron chi connectivity index (χ2n) is 6.45. The minimum absolute atomic E-state index is 0.518. The van der Waals surface area contributed by atoms with Gasteiger partial charge >= 0.3 is 0 Å². The Balaban J connectivity index is 1.34. The fraction of sp³-hybridized carbons (Fsp3) is 0.429. The molecule has 2 aromatic heterocycles. The number of imidazole rings is 1. The first kappa shape index (κ1) is 19.9. The summed E-state index contributed by atoms with van der Waals surface area (Å²) in [5.41, 5.74) is 2.21. The Morgan fingerprint density at radius 3 is 2.96 bits per heavy atom. The molecule has 28 heavy (non-hydrogen) atoms. The molecule has 2 N–H and O–H groups in total. The molecule has 7 nitrogen and oxygen atoms in total. The number of aliphatic imine (C=N–C) groups is 1. The topological polar surface area (TPSA) is 76.6 Å². The van der Waals surface area contributed by atoms with Crippen molar-refractivity contribution in [2.24, 2.45) is 4.99 Å². The molecule has 7 heteroatoms. The summed E-state index contributed by atoms with van der Waals surface area (Å²) in [5, 5.41) is 6.64. The van der Waals surface area contributed by atoms with Gasteiger partial charge in [-0.15, -0.1) is 0 Å². The lowest BCUT2D eigenvalue weighted by molar-refractivity contribution is 0.105. The van der Waals surface area contributed by atoms with Crippen molar-refractivity contribution >= 4 is 17.0 Å². The van der Waals surface area contributed by atoms with E-state index in [4.69, 9.17) is 9.15 Å². The Kier molecular flexibility index (Phi) is 7.93. The fourth-order valence-corrected chi connectivity index (χ4v) is 2.91. The minimum atomic E-state index is 0.518.